The first-order valence-electron chi connectivity index (χ1n) is 5.50. The number of carbonyl (C=O) groups is 1. The van der Waals surface area contributed by atoms with Crippen molar-refractivity contribution in [3.63, 3.8) is 0 Å². The highest BCUT2D eigenvalue weighted by molar-refractivity contribution is 7.11. The second kappa shape index (κ2) is 5.30. The van der Waals surface area contributed by atoms with E-state index < -0.39 is 23.1 Å². The molecule has 1 aromatic rings. The number of thiazole rings is 1. The smallest absolute Gasteiger partial charge is 0.443 e. The lowest BCUT2D eigenvalue weighted by Crippen LogP contribution is -2.35. The third-order valence-corrected chi connectivity index (χ3v) is 3.71. The van der Waals surface area contributed by atoms with E-state index in [1.807, 2.05) is 0 Å². The second-order valence-electron chi connectivity index (χ2n) is 4.20. The molecule has 0 saturated heterocycles. The fourth-order valence-electron chi connectivity index (χ4n) is 1.81. The van der Waals surface area contributed by atoms with Crippen LogP contribution in [0.5, 0.6) is 0 Å². The fraction of sp³-hybridized carbons (Fsp3) is 0.455. The molecular formula is C11H11F3N2O2S. The maximum Gasteiger partial charge on any atom is 0.443 e. The summed E-state index contributed by atoms with van der Waals surface area (Å²) in [4.78, 5) is 16.5. The molecule has 0 aliphatic carbocycles. The molecule has 1 atom stereocenters. The maximum absolute atomic E-state index is 12.4. The van der Waals surface area contributed by atoms with E-state index in [9.17, 15) is 18.0 Å². The second-order valence-corrected chi connectivity index (χ2v) is 5.31. The number of rotatable bonds is 3. The van der Waals surface area contributed by atoms with Crippen LogP contribution in [-0.2, 0) is 17.5 Å². The standard InChI is InChI=1S/C11H11F3N2O2S/c12-11(13,14)10-15-4-8(19-10)6-16-3-1-2-7(5-16)9(17)18/h1-2,4,7H,3,5-6H2,(H,17,18). The van der Waals surface area contributed by atoms with Crippen molar-refractivity contribution in [2.45, 2.75) is 12.7 Å². The fourth-order valence-corrected chi connectivity index (χ4v) is 2.63. The number of hydrogen-bond donors (Lipinski definition) is 1. The van der Waals surface area contributed by atoms with E-state index in [1.165, 1.54) is 6.20 Å². The van der Waals surface area contributed by atoms with Gasteiger partial charge in [0.25, 0.3) is 0 Å². The van der Waals surface area contributed by atoms with Gasteiger partial charge in [0.05, 0.1) is 5.92 Å². The minimum atomic E-state index is -4.42. The molecule has 0 bridgehead atoms. The van der Waals surface area contributed by atoms with Gasteiger partial charge in [-0.2, -0.15) is 13.2 Å². The molecule has 8 heteroatoms. The van der Waals surface area contributed by atoms with Crippen molar-refractivity contribution in [3.05, 3.63) is 28.2 Å². The number of alkyl halides is 3. The van der Waals surface area contributed by atoms with Crippen molar-refractivity contribution in [1.29, 1.82) is 0 Å². The Balaban J connectivity index is 2.00. The van der Waals surface area contributed by atoms with Crippen LogP contribution in [0.1, 0.15) is 9.88 Å². The summed E-state index contributed by atoms with van der Waals surface area (Å²) in [6, 6.07) is 0. The van der Waals surface area contributed by atoms with Crippen LogP contribution in [0.15, 0.2) is 18.3 Å². The van der Waals surface area contributed by atoms with Crippen LogP contribution >= 0.6 is 11.3 Å². The lowest BCUT2D eigenvalue weighted by atomic mass is 10.1. The monoisotopic (exact) mass is 292 g/mol. The van der Waals surface area contributed by atoms with Crippen LogP contribution in [0, 0.1) is 5.92 Å². The molecule has 0 radical (unpaired) electrons. The molecule has 1 unspecified atom stereocenters. The maximum atomic E-state index is 12.4. The number of aliphatic carboxylic acids is 1. The minimum absolute atomic E-state index is 0.280. The van der Waals surface area contributed by atoms with Gasteiger partial charge in [-0.05, 0) is 0 Å². The van der Waals surface area contributed by atoms with E-state index in [2.05, 4.69) is 4.98 Å². The summed E-state index contributed by atoms with van der Waals surface area (Å²) < 4.78 is 37.2. The molecule has 0 spiro atoms. The largest absolute Gasteiger partial charge is 0.481 e. The molecule has 0 saturated carbocycles. The Morgan fingerprint density at radius 3 is 2.89 bits per heavy atom. The summed E-state index contributed by atoms with van der Waals surface area (Å²) in [5, 5.41) is 8.03. The van der Waals surface area contributed by atoms with Crippen molar-refractivity contribution >= 4 is 17.3 Å². The lowest BCUT2D eigenvalue weighted by molar-refractivity contribution is -0.141. The van der Waals surface area contributed by atoms with E-state index in [-0.39, 0.29) is 6.54 Å². The molecule has 0 amide bonds. The molecule has 4 nitrogen and oxygen atoms in total. The predicted octanol–water partition coefficient (Wildman–Crippen LogP) is 2.23. The third kappa shape index (κ3) is 3.54. The molecule has 0 aromatic carbocycles. The van der Waals surface area contributed by atoms with Crippen molar-refractivity contribution in [3.8, 4) is 0 Å². The summed E-state index contributed by atoms with van der Waals surface area (Å²) >= 11 is 0.594. The number of aromatic nitrogens is 1. The number of nitrogens with zero attached hydrogens (tertiary/aromatic N) is 2. The molecule has 1 aliphatic rings. The summed E-state index contributed by atoms with van der Waals surface area (Å²) in [6.07, 6.45) is 0.0938. The van der Waals surface area contributed by atoms with Gasteiger partial charge >= 0.3 is 12.1 Å². The van der Waals surface area contributed by atoms with Crippen molar-refractivity contribution in [2.75, 3.05) is 13.1 Å². The van der Waals surface area contributed by atoms with Gasteiger partial charge in [0, 0.05) is 30.7 Å². The number of hydrogen-bond acceptors (Lipinski definition) is 4. The van der Waals surface area contributed by atoms with E-state index in [1.54, 1.807) is 17.1 Å². The summed E-state index contributed by atoms with van der Waals surface area (Å²) in [5.41, 5.74) is 0. The van der Waals surface area contributed by atoms with Gasteiger partial charge in [-0.15, -0.1) is 11.3 Å². The minimum Gasteiger partial charge on any atom is -0.481 e. The third-order valence-electron chi connectivity index (χ3n) is 2.68. The van der Waals surface area contributed by atoms with Gasteiger partial charge in [0.1, 0.15) is 0 Å². The molecule has 2 rings (SSSR count). The van der Waals surface area contributed by atoms with Gasteiger partial charge in [-0.3, -0.25) is 9.69 Å². The Bertz CT molecular complexity index is 498. The summed E-state index contributed by atoms with van der Waals surface area (Å²) in [5.74, 6) is -1.54. The summed E-state index contributed by atoms with van der Waals surface area (Å²) in [6.45, 7) is 1.11. The first-order chi connectivity index (χ1) is 8.86. The molecule has 104 valence electrons. The predicted molar refractivity (Wildman–Crippen MR) is 62.7 cm³/mol. The molecule has 1 aromatic heterocycles. The Morgan fingerprint density at radius 1 is 1.58 bits per heavy atom. The van der Waals surface area contributed by atoms with Crippen LogP contribution in [0.25, 0.3) is 0 Å². The SMILES string of the molecule is O=C(O)C1C=CCN(Cc2cnc(C(F)(F)F)s2)C1. The van der Waals surface area contributed by atoms with Gasteiger partial charge in [0.2, 0.25) is 0 Å². The Kier molecular flexibility index (Phi) is 3.91. The Hall–Kier alpha value is -1.41. The first-order valence-corrected chi connectivity index (χ1v) is 6.31. The molecule has 19 heavy (non-hydrogen) atoms. The van der Waals surface area contributed by atoms with Crippen LogP contribution in [-0.4, -0.2) is 34.0 Å². The van der Waals surface area contributed by atoms with Gasteiger partial charge in [-0.25, -0.2) is 4.98 Å². The molecule has 1 N–H and O–H groups in total. The zero-order valence-corrected chi connectivity index (χ0v) is 10.5. The highest BCUT2D eigenvalue weighted by atomic mass is 32.1. The first kappa shape index (κ1) is 14.0. The van der Waals surface area contributed by atoms with Crippen LogP contribution in [0.4, 0.5) is 13.2 Å². The molecule has 2 heterocycles. The van der Waals surface area contributed by atoms with Crippen molar-refractivity contribution in [2.24, 2.45) is 5.92 Å². The number of halogens is 3. The average molecular weight is 292 g/mol. The van der Waals surface area contributed by atoms with E-state index in [0.29, 0.717) is 29.3 Å². The topological polar surface area (TPSA) is 53.4 Å². The Labute approximate surface area is 111 Å². The van der Waals surface area contributed by atoms with Gasteiger partial charge in [-0.1, -0.05) is 12.2 Å². The Morgan fingerprint density at radius 2 is 2.32 bits per heavy atom. The highest BCUT2D eigenvalue weighted by Crippen LogP contribution is 2.32. The zero-order valence-electron chi connectivity index (χ0n) is 9.72. The number of carboxylic acids is 1. The van der Waals surface area contributed by atoms with Gasteiger partial charge in [0.15, 0.2) is 5.01 Å². The lowest BCUT2D eigenvalue weighted by Gasteiger charge is -2.25. The van der Waals surface area contributed by atoms with Crippen LogP contribution in [0.3, 0.4) is 0 Å². The van der Waals surface area contributed by atoms with E-state index in [4.69, 9.17) is 5.11 Å². The molecule has 0 fully saturated rings. The zero-order chi connectivity index (χ0) is 14.0. The molecular weight excluding hydrogens is 281 g/mol. The van der Waals surface area contributed by atoms with Crippen molar-refractivity contribution < 1.29 is 23.1 Å². The normalized spacial score (nSPS) is 20.7. The number of carboxylic acid groups (broad SMARTS) is 1. The highest BCUT2D eigenvalue weighted by Gasteiger charge is 2.34. The van der Waals surface area contributed by atoms with Crippen LogP contribution < -0.4 is 0 Å². The quantitative estimate of drug-likeness (QED) is 0.868. The molecule has 1 aliphatic heterocycles. The van der Waals surface area contributed by atoms with E-state index in [0.717, 1.165) is 0 Å². The van der Waals surface area contributed by atoms with Gasteiger partial charge < -0.3 is 5.11 Å². The average Bonchev–Trinajstić information content (AvgIpc) is 2.77. The summed E-state index contributed by atoms with van der Waals surface area (Å²) in [7, 11) is 0. The van der Waals surface area contributed by atoms with E-state index >= 15 is 0 Å². The van der Waals surface area contributed by atoms with Crippen LogP contribution in [0.2, 0.25) is 0 Å². The van der Waals surface area contributed by atoms with Crippen molar-refractivity contribution in [1.82, 2.24) is 9.88 Å².